The van der Waals surface area contributed by atoms with Gasteiger partial charge in [0.15, 0.2) is 0 Å². The highest BCUT2D eigenvalue weighted by molar-refractivity contribution is 7.09. The molecule has 0 amide bonds. The van der Waals surface area contributed by atoms with Crippen LogP contribution < -0.4 is 0 Å². The highest BCUT2D eigenvalue weighted by atomic mass is 32.1. The average Bonchev–Trinajstić information content (AvgIpc) is 2.78. The summed E-state index contributed by atoms with van der Waals surface area (Å²) in [5.41, 5.74) is 1.21. The third-order valence-corrected chi connectivity index (χ3v) is 4.29. The first-order valence-electron chi connectivity index (χ1n) is 6.08. The topological polar surface area (TPSA) is 36.4 Å². The van der Waals surface area contributed by atoms with E-state index in [1.165, 1.54) is 10.7 Å². The first kappa shape index (κ1) is 12.0. The van der Waals surface area contributed by atoms with Crippen LogP contribution in [0.2, 0.25) is 0 Å². The van der Waals surface area contributed by atoms with Gasteiger partial charge in [0.2, 0.25) is 0 Å². The molecule has 1 aromatic heterocycles. The number of piperidine rings is 1. The lowest BCUT2D eigenvalue weighted by Gasteiger charge is -2.30. The molecule has 0 aliphatic carbocycles. The molecule has 2 heterocycles. The maximum atomic E-state index is 9.07. The Labute approximate surface area is 101 Å². The SMILES string of the molecule is CCc1nc(CN2CCC(CO)CC2)cs1. The Bertz CT molecular complexity index is 319. The maximum absolute atomic E-state index is 9.07. The first-order valence-corrected chi connectivity index (χ1v) is 6.96. The zero-order valence-electron chi connectivity index (χ0n) is 9.85. The molecular weight excluding hydrogens is 220 g/mol. The zero-order valence-corrected chi connectivity index (χ0v) is 10.7. The van der Waals surface area contributed by atoms with Gasteiger partial charge in [-0.3, -0.25) is 4.90 Å². The summed E-state index contributed by atoms with van der Waals surface area (Å²) in [5.74, 6) is 0.526. The summed E-state index contributed by atoms with van der Waals surface area (Å²) >= 11 is 1.77. The lowest BCUT2D eigenvalue weighted by molar-refractivity contribution is 0.126. The molecule has 0 spiro atoms. The second-order valence-corrected chi connectivity index (χ2v) is 5.43. The van der Waals surface area contributed by atoms with Gasteiger partial charge < -0.3 is 5.11 Å². The van der Waals surface area contributed by atoms with Crippen LogP contribution in [0.3, 0.4) is 0 Å². The molecule has 1 N–H and O–H groups in total. The number of nitrogens with zero attached hydrogens (tertiary/aromatic N) is 2. The largest absolute Gasteiger partial charge is 0.396 e. The standard InChI is InChI=1S/C12H20N2OS/c1-2-12-13-11(9-16-12)7-14-5-3-10(8-15)4-6-14/h9-10,15H,2-8H2,1H3. The number of rotatable bonds is 4. The van der Waals surface area contributed by atoms with Gasteiger partial charge >= 0.3 is 0 Å². The minimum Gasteiger partial charge on any atom is -0.396 e. The summed E-state index contributed by atoms with van der Waals surface area (Å²) in [7, 11) is 0. The van der Waals surface area contributed by atoms with Crippen molar-refractivity contribution < 1.29 is 5.11 Å². The van der Waals surface area contributed by atoms with Crippen molar-refractivity contribution >= 4 is 11.3 Å². The van der Waals surface area contributed by atoms with Gasteiger partial charge in [-0.05, 0) is 38.3 Å². The van der Waals surface area contributed by atoms with E-state index in [-0.39, 0.29) is 0 Å². The number of aryl methyl sites for hydroxylation is 1. The molecule has 1 aliphatic heterocycles. The monoisotopic (exact) mass is 240 g/mol. The molecule has 2 rings (SSSR count). The van der Waals surface area contributed by atoms with Crippen molar-refractivity contribution in [1.29, 1.82) is 0 Å². The fourth-order valence-corrected chi connectivity index (χ4v) is 2.88. The molecule has 4 heteroatoms. The van der Waals surface area contributed by atoms with Crippen molar-refractivity contribution in [3.05, 3.63) is 16.1 Å². The number of aromatic nitrogens is 1. The van der Waals surface area contributed by atoms with Crippen LogP contribution in [-0.4, -0.2) is 34.7 Å². The molecule has 3 nitrogen and oxygen atoms in total. The number of aliphatic hydroxyl groups is 1. The zero-order chi connectivity index (χ0) is 11.4. The number of thiazole rings is 1. The van der Waals surface area contributed by atoms with E-state index in [0.717, 1.165) is 38.9 Å². The predicted molar refractivity (Wildman–Crippen MR) is 66.6 cm³/mol. The Morgan fingerprint density at radius 1 is 1.50 bits per heavy atom. The van der Waals surface area contributed by atoms with E-state index in [2.05, 4.69) is 22.2 Å². The van der Waals surface area contributed by atoms with E-state index in [9.17, 15) is 0 Å². The fourth-order valence-electron chi connectivity index (χ4n) is 2.14. The van der Waals surface area contributed by atoms with E-state index in [0.29, 0.717) is 12.5 Å². The molecule has 1 aromatic rings. The molecule has 0 bridgehead atoms. The van der Waals surface area contributed by atoms with E-state index < -0.39 is 0 Å². The van der Waals surface area contributed by atoms with E-state index in [1.807, 2.05) is 0 Å². The van der Waals surface area contributed by atoms with E-state index in [4.69, 9.17) is 5.11 Å². The Kier molecular flexibility index (Phi) is 4.32. The molecule has 1 saturated heterocycles. The number of aliphatic hydroxyl groups excluding tert-OH is 1. The Morgan fingerprint density at radius 3 is 2.81 bits per heavy atom. The molecule has 1 fully saturated rings. The third-order valence-electron chi connectivity index (χ3n) is 3.25. The van der Waals surface area contributed by atoms with Crippen molar-refractivity contribution in [1.82, 2.24) is 9.88 Å². The molecule has 16 heavy (non-hydrogen) atoms. The molecule has 0 aromatic carbocycles. The Hall–Kier alpha value is -0.450. The number of hydrogen-bond donors (Lipinski definition) is 1. The van der Waals surface area contributed by atoms with Crippen molar-refractivity contribution in [2.75, 3.05) is 19.7 Å². The van der Waals surface area contributed by atoms with Crippen molar-refractivity contribution in [3.63, 3.8) is 0 Å². The summed E-state index contributed by atoms with van der Waals surface area (Å²) in [5, 5.41) is 12.5. The normalized spacial score (nSPS) is 19.1. The van der Waals surface area contributed by atoms with Crippen LogP contribution in [0.5, 0.6) is 0 Å². The van der Waals surface area contributed by atoms with Gasteiger partial charge in [0.05, 0.1) is 10.7 Å². The van der Waals surface area contributed by atoms with Gasteiger partial charge in [0.25, 0.3) is 0 Å². The molecule has 0 radical (unpaired) electrons. The second kappa shape index (κ2) is 5.75. The summed E-state index contributed by atoms with van der Waals surface area (Å²) < 4.78 is 0. The summed E-state index contributed by atoms with van der Waals surface area (Å²) in [6.45, 7) is 5.68. The van der Waals surface area contributed by atoms with Gasteiger partial charge in [-0.2, -0.15) is 0 Å². The third kappa shape index (κ3) is 3.03. The summed E-state index contributed by atoms with van der Waals surface area (Å²) in [6, 6.07) is 0. The van der Waals surface area contributed by atoms with Crippen molar-refractivity contribution in [2.45, 2.75) is 32.7 Å². The Balaban J connectivity index is 1.82. The van der Waals surface area contributed by atoms with Gasteiger partial charge in [-0.15, -0.1) is 11.3 Å². The van der Waals surface area contributed by atoms with Crippen LogP contribution in [0, 0.1) is 5.92 Å². The van der Waals surface area contributed by atoms with Crippen LogP contribution >= 0.6 is 11.3 Å². The lowest BCUT2D eigenvalue weighted by Crippen LogP contribution is -2.34. The lowest BCUT2D eigenvalue weighted by atomic mass is 9.98. The number of hydrogen-bond acceptors (Lipinski definition) is 4. The summed E-state index contributed by atoms with van der Waals surface area (Å²) in [4.78, 5) is 7.03. The number of likely N-dealkylation sites (tertiary alicyclic amines) is 1. The van der Waals surface area contributed by atoms with Crippen LogP contribution in [-0.2, 0) is 13.0 Å². The minimum absolute atomic E-state index is 0.352. The maximum Gasteiger partial charge on any atom is 0.0926 e. The van der Waals surface area contributed by atoms with Crippen LogP contribution in [0.25, 0.3) is 0 Å². The van der Waals surface area contributed by atoms with Crippen LogP contribution in [0.1, 0.15) is 30.5 Å². The smallest absolute Gasteiger partial charge is 0.0926 e. The minimum atomic E-state index is 0.352. The van der Waals surface area contributed by atoms with Gasteiger partial charge in [-0.1, -0.05) is 6.92 Å². The van der Waals surface area contributed by atoms with Crippen LogP contribution in [0.4, 0.5) is 0 Å². The van der Waals surface area contributed by atoms with Crippen molar-refractivity contribution in [2.24, 2.45) is 5.92 Å². The first-order chi connectivity index (χ1) is 7.81. The highest BCUT2D eigenvalue weighted by Crippen LogP contribution is 2.19. The molecule has 0 atom stereocenters. The molecule has 90 valence electrons. The van der Waals surface area contributed by atoms with Crippen molar-refractivity contribution in [3.8, 4) is 0 Å². The molecule has 0 saturated carbocycles. The highest BCUT2D eigenvalue weighted by Gasteiger charge is 2.18. The quantitative estimate of drug-likeness (QED) is 0.873. The average molecular weight is 240 g/mol. The van der Waals surface area contributed by atoms with E-state index >= 15 is 0 Å². The van der Waals surface area contributed by atoms with Gasteiger partial charge in [0.1, 0.15) is 0 Å². The molecular formula is C12H20N2OS. The molecule has 1 aliphatic rings. The fraction of sp³-hybridized carbons (Fsp3) is 0.750. The summed E-state index contributed by atoms with van der Waals surface area (Å²) in [6.07, 6.45) is 3.29. The second-order valence-electron chi connectivity index (χ2n) is 4.49. The predicted octanol–water partition coefficient (Wildman–Crippen LogP) is 1.91. The Morgan fingerprint density at radius 2 is 2.25 bits per heavy atom. The van der Waals surface area contributed by atoms with Gasteiger partial charge in [0, 0.05) is 18.5 Å². The van der Waals surface area contributed by atoms with Gasteiger partial charge in [-0.25, -0.2) is 4.98 Å². The van der Waals surface area contributed by atoms with Crippen LogP contribution in [0.15, 0.2) is 5.38 Å². The molecule has 0 unspecified atom stereocenters. The van der Waals surface area contributed by atoms with E-state index in [1.54, 1.807) is 11.3 Å².